The molecule has 0 spiro atoms. The van der Waals surface area contributed by atoms with E-state index in [0.29, 0.717) is 0 Å². The topological polar surface area (TPSA) is 28.4 Å². The van der Waals surface area contributed by atoms with Crippen LogP contribution in [-0.4, -0.2) is 34.7 Å². The quantitative estimate of drug-likeness (QED) is 0.876. The summed E-state index contributed by atoms with van der Waals surface area (Å²) in [5, 5.41) is 11.9. The lowest BCUT2D eigenvalue weighted by molar-refractivity contribution is -0.0150. The van der Waals surface area contributed by atoms with Crippen LogP contribution in [0, 0.1) is 5.92 Å². The number of rotatable bonds is 1. The second-order valence-corrected chi connectivity index (χ2v) is 6.55. The first kappa shape index (κ1) is 13.8. The van der Waals surface area contributed by atoms with Gasteiger partial charge < -0.3 is 14.6 Å². The summed E-state index contributed by atoms with van der Waals surface area (Å²) in [6.45, 7) is 2.09. The Labute approximate surface area is 131 Å². The van der Waals surface area contributed by atoms with Crippen molar-refractivity contribution in [3.05, 3.63) is 59.4 Å². The van der Waals surface area contributed by atoms with Crippen molar-refractivity contribution in [2.45, 2.75) is 18.4 Å². The van der Waals surface area contributed by atoms with Crippen molar-refractivity contribution in [3.63, 3.8) is 0 Å². The molecule has 3 nitrogen and oxygen atoms in total. The van der Waals surface area contributed by atoms with Gasteiger partial charge in [0.25, 0.3) is 0 Å². The van der Waals surface area contributed by atoms with E-state index in [9.17, 15) is 5.11 Å². The van der Waals surface area contributed by atoms with Gasteiger partial charge in [-0.15, -0.1) is 0 Å². The zero-order valence-corrected chi connectivity index (χ0v) is 12.9. The molecule has 0 bridgehead atoms. The number of aromatic nitrogens is 1. The molecule has 2 aliphatic heterocycles. The standard InChI is InChI=1S/C19H22N2O/c1-20-12-9-16(10-13-20)19(22)17-6-3-2-5-15(17)8-14-21-11-4-7-18(19)21/h2-8,11,14,16,22H,9-10,12-13H2,1H3/t19-/m1/s1. The van der Waals surface area contributed by atoms with Crippen LogP contribution < -0.4 is 0 Å². The van der Waals surface area contributed by atoms with Gasteiger partial charge in [-0.05, 0) is 62.3 Å². The fourth-order valence-electron chi connectivity index (χ4n) is 3.99. The Hall–Kier alpha value is -1.84. The average Bonchev–Trinajstić information content (AvgIpc) is 2.98. The van der Waals surface area contributed by atoms with Crippen LogP contribution in [-0.2, 0) is 5.60 Å². The van der Waals surface area contributed by atoms with Gasteiger partial charge in [-0.25, -0.2) is 0 Å². The molecule has 1 atom stereocenters. The van der Waals surface area contributed by atoms with Crippen LogP contribution in [0.2, 0.25) is 0 Å². The Morgan fingerprint density at radius 2 is 1.86 bits per heavy atom. The lowest BCUT2D eigenvalue weighted by Crippen LogP contribution is -2.44. The predicted octanol–water partition coefficient (Wildman–Crippen LogP) is 3.01. The van der Waals surface area contributed by atoms with Gasteiger partial charge >= 0.3 is 0 Å². The Morgan fingerprint density at radius 3 is 2.68 bits per heavy atom. The molecule has 1 saturated heterocycles. The maximum Gasteiger partial charge on any atom is 0.133 e. The fourth-order valence-corrected chi connectivity index (χ4v) is 3.99. The minimum atomic E-state index is -0.912. The Kier molecular flexibility index (Phi) is 3.21. The van der Waals surface area contributed by atoms with Crippen molar-refractivity contribution in [1.82, 2.24) is 9.47 Å². The van der Waals surface area contributed by atoms with E-state index in [1.54, 1.807) is 0 Å². The number of benzene rings is 1. The maximum absolute atomic E-state index is 11.9. The molecule has 2 aromatic rings. The highest BCUT2D eigenvalue weighted by atomic mass is 16.3. The molecule has 3 heterocycles. The summed E-state index contributed by atoms with van der Waals surface area (Å²) in [5.74, 6) is 0.249. The summed E-state index contributed by atoms with van der Waals surface area (Å²) in [4.78, 5) is 2.35. The molecule has 0 saturated carbocycles. The summed E-state index contributed by atoms with van der Waals surface area (Å²) in [6, 6.07) is 12.3. The van der Waals surface area contributed by atoms with E-state index < -0.39 is 5.60 Å². The smallest absolute Gasteiger partial charge is 0.133 e. The Morgan fingerprint density at radius 1 is 1.09 bits per heavy atom. The van der Waals surface area contributed by atoms with Crippen molar-refractivity contribution >= 4 is 12.3 Å². The first-order valence-electron chi connectivity index (χ1n) is 8.05. The van der Waals surface area contributed by atoms with Gasteiger partial charge in [0, 0.05) is 18.3 Å². The van der Waals surface area contributed by atoms with E-state index in [2.05, 4.69) is 47.0 Å². The summed E-state index contributed by atoms with van der Waals surface area (Å²) >= 11 is 0. The minimum absolute atomic E-state index is 0.249. The van der Waals surface area contributed by atoms with Gasteiger partial charge in [0.05, 0.1) is 5.69 Å². The van der Waals surface area contributed by atoms with Gasteiger partial charge in [-0.3, -0.25) is 0 Å². The van der Waals surface area contributed by atoms with Crippen LogP contribution in [0.5, 0.6) is 0 Å². The third-order valence-electron chi connectivity index (χ3n) is 5.26. The Bertz CT molecular complexity index is 710. The molecular weight excluding hydrogens is 272 g/mol. The van der Waals surface area contributed by atoms with E-state index in [-0.39, 0.29) is 5.92 Å². The number of hydrogen-bond acceptors (Lipinski definition) is 2. The van der Waals surface area contributed by atoms with Crippen molar-refractivity contribution < 1.29 is 5.11 Å². The molecule has 0 amide bonds. The van der Waals surface area contributed by atoms with Crippen molar-refractivity contribution in [3.8, 4) is 0 Å². The average molecular weight is 294 g/mol. The normalized spacial score (nSPS) is 25.5. The van der Waals surface area contributed by atoms with Crippen LogP contribution in [0.4, 0.5) is 0 Å². The molecule has 22 heavy (non-hydrogen) atoms. The molecule has 2 aliphatic rings. The molecule has 1 fully saturated rings. The van der Waals surface area contributed by atoms with Gasteiger partial charge in [-0.2, -0.15) is 0 Å². The molecular formula is C19H22N2O. The van der Waals surface area contributed by atoms with E-state index >= 15 is 0 Å². The number of aliphatic hydroxyl groups is 1. The summed E-state index contributed by atoms with van der Waals surface area (Å²) in [7, 11) is 2.16. The number of nitrogens with zero attached hydrogens (tertiary/aromatic N) is 2. The van der Waals surface area contributed by atoms with Gasteiger partial charge in [0.15, 0.2) is 0 Å². The molecule has 4 rings (SSSR count). The van der Waals surface area contributed by atoms with Crippen LogP contribution in [0.15, 0.2) is 42.6 Å². The second-order valence-electron chi connectivity index (χ2n) is 6.55. The zero-order chi connectivity index (χ0) is 15.2. The molecule has 1 aromatic heterocycles. The number of fused-ring (bicyclic) bond motifs is 2. The maximum atomic E-state index is 11.9. The van der Waals surface area contributed by atoms with Gasteiger partial charge in [-0.1, -0.05) is 24.3 Å². The highest BCUT2D eigenvalue weighted by Gasteiger charge is 2.44. The summed E-state index contributed by atoms with van der Waals surface area (Å²) in [6.07, 6.45) is 8.23. The van der Waals surface area contributed by atoms with Crippen LogP contribution in [0.1, 0.15) is 29.7 Å². The largest absolute Gasteiger partial charge is 0.379 e. The van der Waals surface area contributed by atoms with Crippen molar-refractivity contribution in [2.75, 3.05) is 20.1 Å². The lowest BCUT2D eigenvalue weighted by atomic mass is 9.73. The summed E-state index contributed by atoms with van der Waals surface area (Å²) < 4.78 is 2.07. The highest BCUT2D eigenvalue weighted by molar-refractivity contribution is 5.68. The van der Waals surface area contributed by atoms with Gasteiger partial charge in [0.2, 0.25) is 0 Å². The monoisotopic (exact) mass is 294 g/mol. The summed E-state index contributed by atoms with van der Waals surface area (Å²) in [5.41, 5.74) is 2.24. The van der Waals surface area contributed by atoms with Crippen LogP contribution in [0.3, 0.4) is 0 Å². The van der Waals surface area contributed by atoms with Crippen LogP contribution in [0.25, 0.3) is 12.3 Å². The molecule has 3 heteroatoms. The Balaban J connectivity index is 1.89. The fraction of sp³-hybridized carbons (Fsp3) is 0.368. The van der Waals surface area contributed by atoms with Gasteiger partial charge in [0.1, 0.15) is 5.60 Å². The van der Waals surface area contributed by atoms with Crippen LogP contribution >= 0.6 is 0 Å². The first-order valence-corrected chi connectivity index (χ1v) is 8.05. The molecule has 1 aromatic carbocycles. The molecule has 0 aliphatic carbocycles. The number of piperidine rings is 1. The lowest BCUT2D eigenvalue weighted by Gasteiger charge is -2.41. The number of hydrogen-bond donors (Lipinski definition) is 1. The second kappa shape index (κ2) is 5.11. The van der Waals surface area contributed by atoms with E-state index in [1.807, 2.05) is 24.4 Å². The predicted molar refractivity (Wildman–Crippen MR) is 89.3 cm³/mol. The molecule has 1 N–H and O–H groups in total. The molecule has 114 valence electrons. The minimum Gasteiger partial charge on any atom is -0.379 e. The SMILES string of the molecule is CN1CCC([C@@]2(O)c3ccccc3C=Cn3cccc32)CC1. The van der Waals surface area contributed by atoms with E-state index in [1.165, 1.54) is 0 Å². The van der Waals surface area contributed by atoms with E-state index in [4.69, 9.17) is 0 Å². The first-order chi connectivity index (χ1) is 10.7. The van der Waals surface area contributed by atoms with E-state index in [0.717, 1.165) is 42.8 Å². The zero-order valence-electron chi connectivity index (χ0n) is 12.9. The molecule has 0 radical (unpaired) electrons. The highest BCUT2D eigenvalue weighted by Crippen LogP contribution is 2.44. The van der Waals surface area contributed by atoms with Crippen molar-refractivity contribution in [1.29, 1.82) is 0 Å². The molecule has 0 unspecified atom stereocenters. The third kappa shape index (κ3) is 1.97. The van der Waals surface area contributed by atoms with Crippen molar-refractivity contribution in [2.24, 2.45) is 5.92 Å². The number of likely N-dealkylation sites (tertiary alicyclic amines) is 1. The third-order valence-corrected chi connectivity index (χ3v) is 5.26.